The van der Waals surface area contributed by atoms with Gasteiger partial charge in [0.1, 0.15) is 0 Å². The lowest BCUT2D eigenvalue weighted by Gasteiger charge is -2.28. The van der Waals surface area contributed by atoms with Crippen molar-refractivity contribution in [2.45, 2.75) is 56.7 Å². The van der Waals surface area contributed by atoms with Gasteiger partial charge in [-0.2, -0.15) is 11.8 Å². The van der Waals surface area contributed by atoms with Gasteiger partial charge in [0.05, 0.1) is 0 Å². The molecule has 0 aromatic rings. The van der Waals surface area contributed by atoms with Crippen LogP contribution in [0.5, 0.6) is 0 Å². The second-order valence-corrected chi connectivity index (χ2v) is 8.20. The second kappa shape index (κ2) is 8.28. The molecule has 122 valence electrons. The predicted octanol–water partition coefficient (Wildman–Crippen LogP) is 2.31. The summed E-state index contributed by atoms with van der Waals surface area (Å²) in [6.45, 7) is 9.20. The van der Waals surface area contributed by atoms with Crippen LogP contribution in [0.15, 0.2) is 4.99 Å². The van der Waals surface area contributed by atoms with Crippen LogP contribution in [0.4, 0.5) is 0 Å². The van der Waals surface area contributed by atoms with Crippen LogP contribution >= 0.6 is 11.8 Å². The minimum Gasteiger partial charge on any atom is -0.355 e. The quantitative estimate of drug-likeness (QED) is 0.583. The van der Waals surface area contributed by atoms with E-state index in [0.29, 0.717) is 10.8 Å². The molecule has 2 saturated heterocycles. The van der Waals surface area contributed by atoms with Crippen LogP contribution in [0.3, 0.4) is 0 Å². The van der Waals surface area contributed by atoms with Gasteiger partial charge in [0.2, 0.25) is 0 Å². The van der Waals surface area contributed by atoms with Crippen molar-refractivity contribution < 1.29 is 0 Å². The van der Waals surface area contributed by atoms with E-state index in [1.165, 1.54) is 50.9 Å². The Morgan fingerprint density at radius 2 is 2.05 bits per heavy atom. The van der Waals surface area contributed by atoms with E-state index in [1.54, 1.807) is 0 Å². The summed E-state index contributed by atoms with van der Waals surface area (Å²) in [6.07, 6.45) is 6.59. The first-order valence-corrected chi connectivity index (χ1v) is 9.48. The smallest absolute Gasteiger partial charge is 0.191 e. The number of nitrogens with one attached hydrogen (secondary N) is 2. The highest BCUT2D eigenvalue weighted by Gasteiger charge is 2.29. The Labute approximate surface area is 134 Å². The fraction of sp³-hybridized carbons (Fsp3) is 0.938. The fourth-order valence-corrected chi connectivity index (χ4v) is 4.56. The molecule has 2 N–H and O–H groups in total. The number of guanidine groups is 1. The van der Waals surface area contributed by atoms with Gasteiger partial charge in [-0.15, -0.1) is 0 Å². The molecule has 4 nitrogen and oxygen atoms in total. The van der Waals surface area contributed by atoms with E-state index in [4.69, 9.17) is 0 Å². The average molecular weight is 313 g/mol. The molecule has 0 amide bonds. The van der Waals surface area contributed by atoms with Crippen LogP contribution < -0.4 is 10.6 Å². The maximum Gasteiger partial charge on any atom is 0.191 e. The molecule has 5 heteroatoms. The number of aliphatic imine (C=N–C) groups is 1. The summed E-state index contributed by atoms with van der Waals surface area (Å²) in [7, 11) is 1.87. The van der Waals surface area contributed by atoms with E-state index in [0.717, 1.165) is 19.0 Å². The largest absolute Gasteiger partial charge is 0.355 e. The van der Waals surface area contributed by atoms with E-state index >= 15 is 0 Å². The highest BCUT2D eigenvalue weighted by Crippen LogP contribution is 2.36. The van der Waals surface area contributed by atoms with Gasteiger partial charge in [0.25, 0.3) is 0 Å². The molecule has 2 fully saturated rings. The highest BCUT2D eigenvalue weighted by atomic mass is 32.2. The monoisotopic (exact) mass is 312 g/mol. The zero-order chi connectivity index (χ0) is 15.1. The van der Waals surface area contributed by atoms with Crippen LogP contribution in [0.1, 0.15) is 46.0 Å². The van der Waals surface area contributed by atoms with Gasteiger partial charge < -0.3 is 10.6 Å². The van der Waals surface area contributed by atoms with E-state index < -0.39 is 0 Å². The minimum atomic E-state index is 0.386. The van der Waals surface area contributed by atoms with Crippen LogP contribution in [0.25, 0.3) is 0 Å². The van der Waals surface area contributed by atoms with Gasteiger partial charge in [-0.1, -0.05) is 6.92 Å². The van der Waals surface area contributed by atoms with E-state index in [9.17, 15) is 0 Å². The van der Waals surface area contributed by atoms with Gasteiger partial charge in [-0.05, 0) is 57.9 Å². The summed E-state index contributed by atoms with van der Waals surface area (Å²) >= 11 is 2.09. The normalized spacial score (nSPS) is 28.8. The van der Waals surface area contributed by atoms with Gasteiger partial charge in [-0.25, -0.2) is 0 Å². The molecule has 0 spiro atoms. The third-order valence-corrected chi connectivity index (χ3v) is 6.33. The molecule has 2 rings (SSSR count). The zero-order valence-corrected chi connectivity index (χ0v) is 14.8. The van der Waals surface area contributed by atoms with Crippen LogP contribution in [-0.2, 0) is 0 Å². The van der Waals surface area contributed by atoms with Crippen LogP contribution in [0, 0.1) is 0 Å². The predicted molar refractivity (Wildman–Crippen MR) is 94.3 cm³/mol. The summed E-state index contributed by atoms with van der Waals surface area (Å²) in [4.78, 5) is 7.00. The minimum absolute atomic E-state index is 0.386. The summed E-state index contributed by atoms with van der Waals surface area (Å²) in [5.74, 6) is 2.26. The lowest BCUT2D eigenvalue weighted by atomic mass is 10.1. The van der Waals surface area contributed by atoms with Gasteiger partial charge in [-0.3, -0.25) is 9.89 Å². The Balaban J connectivity index is 1.73. The standard InChI is InChI=1S/C16H32N4S/c1-4-14(20-9-5-6-10-20)12-18-15(17-3)19-13-16(2)8-7-11-21-16/h14H,4-13H2,1-3H3,(H2,17,18,19). The van der Waals surface area contributed by atoms with Crippen LogP contribution in [-0.4, -0.2) is 60.6 Å². The maximum atomic E-state index is 4.38. The SMILES string of the molecule is CCC(CNC(=NC)NCC1(C)CCCS1)N1CCCC1. The highest BCUT2D eigenvalue weighted by molar-refractivity contribution is 8.00. The number of hydrogen-bond donors (Lipinski definition) is 2. The summed E-state index contributed by atoms with van der Waals surface area (Å²) < 4.78 is 0.386. The Hall–Kier alpha value is -0.420. The summed E-state index contributed by atoms with van der Waals surface area (Å²) in [5, 5.41) is 7.05. The molecule has 2 aliphatic rings. The topological polar surface area (TPSA) is 39.7 Å². The molecule has 2 atom stereocenters. The van der Waals surface area contributed by atoms with Crippen molar-refractivity contribution in [3.05, 3.63) is 0 Å². The Kier molecular flexibility index (Phi) is 6.68. The lowest BCUT2D eigenvalue weighted by molar-refractivity contribution is 0.236. The first-order chi connectivity index (χ1) is 10.2. The Morgan fingerprint density at radius 3 is 2.62 bits per heavy atom. The second-order valence-electron chi connectivity index (χ2n) is 6.51. The van der Waals surface area contributed by atoms with Crippen molar-refractivity contribution in [3.63, 3.8) is 0 Å². The van der Waals surface area contributed by atoms with Crippen molar-refractivity contribution in [1.29, 1.82) is 0 Å². The first-order valence-electron chi connectivity index (χ1n) is 8.49. The fourth-order valence-electron chi connectivity index (χ4n) is 3.32. The molecule has 0 radical (unpaired) electrons. The average Bonchev–Trinajstić information content (AvgIpc) is 3.15. The zero-order valence-electron chi connectivity index (χ0n) is 14.0. The van der Waals surface area contributed by atoms with E-state index in [2.05, 4.69) is 46.1 Å². The molecule has 0 saturated carbocycles. The molecule has 2 unspecified atom stereocenters. The molecule has 2 heterocycles. The summed E-state index contributed by atoms with van der Waals surface area (Å²) in [5.41, 5.74) is 0. The molecule has 0 aliphatic carbocycles. The molecule has 0 bridgehead atoms. The Morgan fingerprint density at radius 1 is 1.29 bits per heavy atom. The van der Waals surface area contributed by atoms with Gasteiger partial charge in [0, 0.05) is 30.9 Å². The van der Waals surface area contributed by atoms with Gasteiger partial charge in [0.15, 0.2) is 5.96 Å². The third-order valence-electron chi connectivity index (χ3n) is 4.79. The maximum absolute atomic E-state index is 4.38. The van der Waals surface area contributed by atoms with E-state index in [-0.39, 0.29) is 0 Å². The number of nitrogens with zero attached hydrogens (tertiary/aromatic N) is 2. The lowest BCUT2D eigenvalue weighted by Crippen LogP contribution is -2.48. The van der Waals surface area contributed by atoms with Crippen molar-refractivity contribution in [3.8, 4) is 0 Å². The first kappa shape index (κ1) is 16.9. The number of hydrogen-bond acceptors (Lipinski definition) is 3. The Bertz CT molecular complexity index is 333. The molecule has 0 aromatic heterocycles. The molecular formula is C16H32N4S. The number of thioether (sulfide) groups is 1. The number of rotatable bonds is 6. The molecular weight excluding hydrogens is 280 g/mol. The molecule has 21 heavy (non-hydrogen) atoms. The summed E-state index contributed by atoms with van der Waals surface area (Å²) in [6, 6.07) is 0.641. The van der Waals surface area contributed by atoms with E-state index in [1.807, 2.05) is 7.05 Å². The third kappa shape index (κ3) is 5.06. The number of likely N-dealkylation sites (tertiary alicyclic amines) is 1. The van der Waals surface area contributed by atoms with Crippen molar-refractivity contribution in [2.75, 3.05) is 39.0 Å². The van der Waals surface area contributed by atoms with Crippen molar-refractivity contribution >= 4 is 17.7 Å². The molecule has 2 aliphatic heterocycles. The van der Waals surface area contributed by atoms with Gasteiger partial charge >= 0.3 is 0 Å². The van der Waals surface area contributed by atoms with Crippen molar-refractivity contribution in [2.24, 2.45) is 4.99 Å². The molecule has 0 aromatic carbocycles. The van der Waals surface area contributed by atoms with Crippen LogP contribution in [0.2, 0.25) is 0 Å². The van der Waals surface area contributed by atoms with Crippen molar-refractivity contribution in [1.82, 2.24) is 15.5 Å².